The number of nitrogens with one attached hydrogen (secondary N) is 1. The molecule has 2 aromatic carbocycles. The molecule has 0 aliphatic heterocycles. The Balaban J connectivity index is 2.41. The van der Waals surface area contributed by atoms with Crippen molar-refractivity contribution in [3.8, 4) is 0 Å². The molecule has 0 saturated carbocycles. The summed E-state index contributed by atoms with van der Waals surface area (Å²) >= 11 is 0. The molecule has 110 valence electrons. The van der Waals surface area contributed by atoms with Crippen molar-refractivity contribution in [3.63, 3.8) is 0 Å². The molecule has 1 N–H and O–H groups in total. The van der Waals surface area contributed by atoms with Gasteiger partial charge in [-0.05, 0) is 50.2 Å². The number of nitrogens with zero attached hydrogens (tertiary/aromatic N) is 1. The van der Waals surface area contributed by atoms with E-state index in [0.29, 0.717) is 17.8 Å². The lowest BCUT2D eigenvalue weighted by atomic mass is 10.1. The Bertz CT molecular complexity index is 638. The van der Waals surface area contributed by atoms with Gasteiger partial charge in [0.05, 0.1) is 5.56 Å². The average Bonchev–Trinajstić information content (AvgIpc) is 2.49. The van der Waals surface area contributed by atoms with Crippen LogP contribution < -0.4 is 10.2 Å². The van der Waals surface area contributed by atoms with Crippen LogP contribution in [0, 0.1) is 12.7 Å². The fourth-order valence-corrected chi connectivity index (χ4v) is 2.26. The lowest BCUT2D eigenvalue weighted by Gasteiger charge is -2.22. The summed E-state index contributed by atoms with van der Waals surface area (Å²) in [7, 11) is 1.79. The third kappa shape index (κ3) is 3.21. The minimum Gasteiger partial charge on any atom is -0.387 e. The molecule has 2 aromatic rings. The summed E-state index contributed by atoms with van der Waals surface area (Å²) in [5, 5.41) is 3.04. The number of amides is 1. The highest BCUT2D eigenvalue weighted by Gasteiger charge is 2.19. The highest BCUT2D eigenvalue weighted by atomic mass is 19.1. The molecule has 4 heteroatoms. The van der Waals surface area contributed by atoms with Gasteiger partial charge in [0, 0.05) is 25.0 Å². The number of carbonyl (C=O) groups is 1. The highest BCUT2D eigenvalue weighted by molar-refractivity contribution is 6.09. The average molecular weight is 286 g/mol. The first-order valence-electron chi connectivity index (χ1n) is 6.92. The molecular formula is C17H19FN2O. The lowest BCUT2D eigenvalue weighted by molar-refractivity contribution is 0.0989. The summed E-state index contributed by atoms with van der Waals surface area (Å²) in [6, 6.07) is 11.7. The second-order valence-electron chi connectivity index (χ2n) is 4.82. The Labute approximate surface area is 124 Å². The second kappa shape index (κ2) is 6.39. The Morgan fingerprint density at radius 1 is 1.19 bits per heavy atom. The van der Waals surface area contributed by atoms with Crippen molar-refractivity contribution in [1.29, 1.82) is 0 Å². The monoisotopic (exact) mass is 286 g/mol. The molecule has 1 amide bonds. The maximum absolute atomic E-state index is 13.0. The molecule has 2 rings (SSSR count). The van der Waals surface area contributed by atoms with Crippen LogP contribution >= 0.6 is 0 Å². The smallest absolute Gasteiger partial charge is 0.260 e. The second-order valence-corrected chi connectivity index (χ2v) is 4.82. The maximum atomic E-state index is 13.0. The van der Waals surface area contributed by atoms with Gasteiger partial charge in [0.25, 0.3) is 5.91 Å². The van der Waals surface area contributed by atoms with Crippen molar-refractivity contribution in [1.82, 2.24) is 0 Å². The van der Waals surface area contributed by atoms with Gasteiger partial charge in [-0.1, -0.05) is 11.6 Å². The van der Waals surface area contributed by atoms with Crippen LogP contribution in [0.2, 0.25) is 0 Å². The molecule has 0 radical (unpaired) electrons. The molecule has 0 saturated heterocycles. The minimum absolute atomic E-state index is 0.0999. The van der Waals surface area contributed by atoms with Gasteiger partial charge in [-0.25, -0.2) is 4.39 Å². The third-order valence-electron chi connectivity index (χ3n) is 3.37. The zero-order chi connectivity index (χ0) is 15.4. The normalized spacial score (nSPS) is 10.3. The van der Waals surface area contributed by atoms with Crippen LogP contribution in [-0.2, 0) is 0 Å². The van der Waals surface area contributed by atoms with Crippen LogP contribution in [0.15, 0.2) is 42.5 Å². The van der Waals surface area contributed by atoms with Gasteiger partial charge in [0.1, 0.15) is 5.82 Å². The van der Waals surface area contributed by atoms with Crippen LogP contribution in [0.4, 0.5) is 15.8 Å². The lowest BCUT2D eigenvalue weighted by Crippen LogP contribution is -2.31. The Morgan fingerprint density at radius 3 is 2.43 bits per heavy atom. The van der Waals surface area contributed by atoms with Gasteiger partial charge in [0.2, 0.25) is 0 Å². The van der Waals surface area contributed by atoms with E-state index in [1.807, 2.05) is 32.0 Å². The molecule has 0 aromatic heterocycles. The molecular weight excluding hydrogens is 267 g/mol. The number of rotatable bonds is 4. The fourth-order valence-electron chi connectivity index (χ4n) is 2.26. The van der Waals surface area contributed by atoms with Gasteiger partial charge >= 0.3 is 0 Å². The molecule has 0 fully saturated rings. The van der Waals surface area contributed by atoms with Gasteiger partial charge in [-0.2, -0.15) is 0 Å². The van der Waals surface area contributed by atoms with Crippen molar-refractivity contribution in [2.75, 3.05) is 23.8 Å². The number of halogens is 1. The fraction of sp³-hybridized carbons (Fsp3) is 0.235. The predicted molar refractivity (Wildman–Crippen MR) is 84.5 cm³/mol. The van der Waals surface area contributed by atoms with E-state index in [4.69, 9.17) is 0 Å². The van der Waals surface area contributed by atoms with Crippen LogP contribution in [0.5, 0.6) is 0 Å². The molecule has 0 heterocycles. The number of carbonyl (C=O) groups excluding carboxylic acids is 1. The number of anilines is 2. The standard InChI is InChI=1S/C17H19FN2O/c1-4-20(14-8-6-13(18)7-9-14)17(21)15-11-12(2)5-10-16(15)19-3/h5-11,19H,4H2,1-3H3. The number of benzene rings is 2. The van der Waals surface area contributed by atoms with E-state index in [2.05, 4.69) is 5.32 Å². The van der Waals surface area contributed by atoms with E-state index < -0.39 is 0 Å². The first kappa shape index (κ1) is 15.0. The van der Waals surface area contributed by atoms with Crippen LogP contribution in [0.25, 0.3) is 0 Å². The van der Waals surface area contributed by atoms with E-state index in [1.54, 1.807) is 24.1 Å². The third-order valence-corrected chi connectivity index (χ3v) is 3.37. The van der Waals surface area contributed by atoms with E-state index in [9.17, 15) is 9.18 Å². The van der Waals surface area contributed by atoms with Crippen LogP contribution in [0.3, 0.4) is 0 Å². The molecule has 21 heavy (non-hydrogen) atoms. The molecule has 0 spiro atoms. The topological polar surface area (TPSA) is 32.3 Å². The molecule has 0 unspecified atom stereocenters. The molecule has 0 aliphatic carbocycles. The molecule has 0 atom stereocenters. The van der Waals surface area contributed by atoms with E-state index in [-0.39, 0.29) is 11.7 Å². The summed E-state index contributed by atoms with van der Waals surface area (Å²) in [6.45, 7) is 4.36. The first-order chi connectivity index (χ1) is 10.1. The number of aryl methyl sites for hydroxylation is 1. The van der Waals surface area contributed by atoms with E-state index in [1.165, 1.54) is 12.1 Å². The zero-order valence-corrected chi connectivity index (χ0v) is 12.5. The van der Waals surface area contributed by atoms with Gasteiger partial charge in [-0.3, -0.25) is 4.79 Å². The number of hydrogen-bond acceptors (Lipinski definition) is 2. The molecule has 0 bridgehead atoms. The summed E-state index contributed by atoms with van der Waals surface area (Å²) < 4.78 is 13.0. The summed E-state index contributed by atoms with van der Waals surface area (Å²) in [5.74, 6) is -0.411. The van der Waals surface area contributed by atoms with Gasteiger partial charge < -0.3 is 10.2 Å². The summed E-state index contributed by atoms with van der Waals surface area (Å²) in [6.07, 6.45) is 0. The van der Waals surface area contributed by atoms with Crippen molar-refractivity contribution in [3.05, 3.63) is 59.4 Å². The number of hydrogen-bond donors (Lipinski definition) is 1. The Morgan fingerprint density at radius 2 is 1.86 bits per heavy atom. The van der Waals surface area contributed by atoms with Crippen molar-refractivity contribution in [2.45, 2.75) is 13.8 Å². The molecule has 3 nitrogen and oxygen atoms in total. The predicted octanol–water partition coefficient (Wildman–Crippen LogP) is 3.84. The zero-order valence-electron chi connectivity index (χ0n) is 12.5. The Kier molecular flexibility index (Phi) is 4.58. The largest absolute Gasteiger partial charge is 0.387 e. The quantitative estimate of drug-likeness (QED) is 0.926. The summed E-state index contributed by atoms with van der Waals surface area (Å²) in [4.78, 5) is 14.4. The highest BCUT2D eigenvalue weighted by Crippen LogP contribution is 2.23. The minimum atomic E-state index is -0.311. The van der Waals surface area contributed by atoms with Crippen molar-refractivity contribution in [2.24, 2.45) is 0 Å². The van der Waals surface area contributed by atoms with E-state index in [0.717, 1.165) is 11.3 Å². The van der Waals surface area contributed by atoms with E-state index >= 15 is 0 Å². The SMILES string of the molecule is CCN(C(=O)c1cc(C)ccc1NC)c1ccc(F)cc1. The van der Waals surface area contributed by atoms with Crippen LogP contribution in [0.1, 0.15) is 22.8 Å². The summed E-state index contributed by atoms with van der Waals surface area (Å²) in [5.41, 5.74) is 3.11. The molecule has 0 aliphatic rings. The Hall–Kier alpha value is -2.36. The maximum Gasteiger partial charge on any atom is 0.260 e. The van der Waals surface area contributed by atoms with Crippen LogP contribution in [-0.4, -0.2) is 19.5 Å². The van der Waals surface area contributed by atoms with Gasteiger partial charge in [-0.15, -0.1) is 0 Å². The van der Waals surface area contributed by atoms with Crippen molar-refractivity contribution < 1.29 is 9.18 Å². The van der Waals surface area contributed by atoms with Gasteiger partial charge in [0.15, 0.2) is 0 Å². The van der Waals surface area contributed by atoms with Crippen molar-refractivity contribution >= 4 is 17.3 Å². The first-order valence-corrected chi connectivity index (χ1v) is 6.92.